The van der Waals surface area contributed by atoms with Gasteiger partial charge in [-0.15, -0.1) is 18.3 Å². The van der Waals surface area contributed by atoms with E-state index in [1.165, 1.54) is 58.1 Å². The number of hydrogen-bond donors (Lipinski definition) is 1. The third-order valence-corrected chi connectivity index (χ3v) is 7.16. The van der Waals surface area contributed by atoms with Gasteiger partial charge in [0.2, 0.25) is 5.91 Å². The van der Waals surface area contributed by atoms with E-state index < -0.39 is 12.4 Å². The number of aromatic nitrogens is 3. The number of benzene rings is 3. The predicted octanol–water partition coefficient (Wildman–Crippen LogP) is 6.77. The Kier molecular flexibility index (Phi) is 8.62. The molecule has 1 aromatic heterocycles. The molecule has 0 aliphatic carbocycles. The molecular weight excluding hydrogens is 581 g/mol. The average molecular weight is 607 g/mol. The lowest BCUT2D eigenvalue weighted by Gasteiger charge is -2.21. The van der Waals surface area contributed by atoms with Crippen LogP contribution in [0.5, 0.6) is 5.75 Å². The number of halogens is 3. The highest BCUT2D eigenvalue weighted by Crippen LogP contribution is 2.33. The first-order valence-electron chi connectivity index (χ1n) is 13.1. The Morgan fingerprint density at radius 2 is 1.79 bits per heavy atom. The Morgan fingerprint density at radius 3 is 2.49 bits per heavy atom. The summed E-state index contributed by atoms with van der Waals surface area (Å²) >= 11 is 1.22. The van der Waals surface area contributed by atoms with Crippen LogP contribution in [0.3, 0.4) is 0 Å². The van der Waals surface area contributed by atoms with Crippen molar-refractivity contribution in [1.29, 1.82) is 0 Å². The molecule has 1 aliphatic rings. The van der Waals surface area contributed by atoms with E-state index >= 15 is 0 Å². The second kappa shape index (κ2) is 12.5. The molecule has 5 rings (SSSR count). The number of carbonyl (C=O) groups excluding carboxylic acids is 2. The molecule has 0 atom stereocenters. The fourth-order valence-corrected chi connectivity index (χ4v) is 5.11. The maximum atomic E-state index is 12.6. The molecule has 4 aromatic rings. The molecule has 9 nitrogen and oxygen atoms in total. The van der Waals surface area contributed by atoms with Gasteiger partial charge in [0.25, 0.3) is 0 Å². The first kappa shape index (κ1) is 29.6. The average Bonchev–Trinajstić information content (AvgIpc) is 3.60. The van der Waals surface area contributed by atoms with Gasteiger partial charge >= 0.3 is 12.4 Å². The van der Waals surface area contributed by atoms with Gasteiger partial charge in [-0.05, 0) is 53.5 Å². The SMILES string of the molecule is CC(C)c1ccccc1N1C(=O)CS/C1=N/C(=O)N/C=C/c1ccc(-c2ncn(-c3ccc(OC(F)(F)F)cc3)n2)cc1. The van der Waals surface area contributed by atoms with Gasteiger partial charge in [0.1, 0.15) is 12.1 Å². The summed E-state index contributed by atoms with van der Waals surface area (Å²) in [5.41, 5.74) is 3.73. The van der Waals surface area contributed by atoms with Gasteiger partial charge in [0, 0.05) is 11.8 Å². The maximum absolute atomic E-state index is 12.6. The van der Waals surface area contributed by atoms with E-state index in [4.69, 9.17) is 0 Å². The number of nitrogens with one attached hydrogen (secondary N) is 1. The van der Waals surface area contributed by atoms with Crippen LogP contribution in [0.4, 0.5) is 23.7 Å². The summed E-state index contributed by atoms with van der Waals surface area (Å²) in [7, 11) is 0. The zero-order chi connectivity index (χ0) is 30.6. The van der Waals surface area contributed by atoms with E-state index in [-0.39, 0.29) is 23.3 Å². The minimum atomic E-state index is -4.76. The van der Waals surface area contributed by atoms with Crippen molar-refractivity contribution in [3.05, 3.63) is 96.5 Å². The van der Waals surface area contributed by atoms with E-state index in [0.29, 0.717) is 22.2 Å². The molecule has 220 valence electrons. The standard InChI is InChI=1S/C30H25F3N6O3S/c1-19(2)24-5-3-4-6-25(24)39-26(40)17-43-29(39)36-28(41)34-16-15-20-7-9-21(10-8-20)27-35-18-38(37-27)22-11-13-23(14-12-22)42-30(31,32)33/h3-16,18-19H,17H2,1-2H3,(H,34,41)/b16-15+,36-29+. The van der Waals surface area contributed by atoms with E-state index in [1.54, 1.807) is 18.2 Å². The molecule has 1 aliphatic heterocycles. The number of anilines is 1. The fourth-order valence-electron chi connectivity index (χ4n) is 4.25. The lowest BCUT2D eigenvalue weighted by molar-refractivity contribution is -0.274. The maximum Gasteiger partial charge on any atom is 0.573 e. The van der Waals surface area contributed by atoms with Crippen LogP contribution in [0.1, 0.15) is 30.9 Å². The largest absolute Gasteiger partial charge is 0.573 e. The Morgan fingerprint density at radius 1 is 1.07 bits per heavy atom. The number of alkyl halides is 3. The smallest absolute Gasteiger partial charge is 0.406 e. The van der Waals surface area contributed by atoms with Crippen molar-refractivity contribution < 1.29 is 27.5 Å². The van der Waals surface area contributed by atoms with Gasteiger partial charge in [0.15, 0.2) is 11.0 Å². The molecule has 0 radical (unpaired) electrons. The third kappa shape index (κ3) is 7.30. The number of hydrogen-bond acceptors (Lipinski definition) is 6. The summed E-state index contributed by atoms with van der Waals surface area (Å²) in [4.78, 5) is 35.1. The van der Waals surface area contributed by atoms with Crippen LogP contribution in [0.2, 0.25) is 0 Å². The highest BCUT2D eigenvalue weighted by atomic mass is 32.2. The molecule has 43 heavy (non-hydrogen) atoms. The summed E-state index contributed by atoms with van der Waals surface area (Å²) in [6, 6.07) is 19.5. The number of amides is 3. The van der Waals surface area contributed by atoms with Crippen LogP contribution in [-0.2, 0) is 4.79 Å². The minimum Gasteiger partial charge on any atom is -0.406 e. The van der Waals surface area contributed by atoms with Gasteiger partial charge in [-0.3, -0.25) is 9.69 Å². The Labute approximate surface area is 249 Å². The number of urea groups is 1. The van der Waals surface area contributed by atoms with Crippen molar-refractivity contribution in [1.82, 2.24) is 20.1 Å². The Bertz CT molecular complexity index is 1680. The van der Waals surface area contributed by atoms with Crippen LogP contribution in [0, 0.1) is 0 Å². The molecule has 0 saturated carbocycles. The first-order chi connectivity index (χ1) is 20.6. The molecule has 13 heteroatoms. The Hall–Kier alpha value is -4.91. The molecule has 3 amide bonds. The molecular formula is C30H25F3N6O3S. The number of para-hydroxylation sites is 1. The minimum absolute atomic E-state index is 0.131. The molecule has 0 unspecified atom stereocenters. The van der Waals surface area contributed by atoms with Crippen molar-refractivity contribution >= 4 is 40.6 Å². The van der Waals surface area contributed by atoms with Crippen LogP contribution >= 0.6 is 11.8 Å². The van der Waals surface area contributed by atoms with Gasteiger partial charge in [-0.1, -0.05) is 68.1 Å². The lowest BCUT2D eigenvalue weighted by atomic mass is 10.0. The van der Waals surface area contributed by atoms with Gasteiger partial charge in [-0.25, -0.2) is 14.5 Å². The molecule has 2 heterocycles. The second-order valence-electron chi connectivity index (χ2n) is 9.58. The quantitative estimate of drug-likeness (QED) is 0.249. The Balaban J connectivity index is 1.21. The van der Waals surface area contributed by atoms with Crippen LogP contribution < -0.4 is 15.0 Å². The summed E-state index contributed by atoms with van der Waals surface area (Å²) in [5.74, 6) is 0.353. The van der Waals surface area contributed by atoms with Crippen molar-refractivity contribution in [3.8, 4) is 22.8 Å². The van der Waals surface area contributed by atoms with Gasteiger partial charge in [0.05, 0.1) is 17.1 Å². The van der Waals surface area contributed by atoms with Crippen molar-refractivity contribution in [2.24, 2.45) is 4.99 Å². The number of carbonyl (C=O) groups is 2. The summed E-state index contributed by atoms with van der Waals surface area (Å²) in [6.45, 7) is 4.08. The van der Waals surface area contributed by atoms with Crippen molar-refractivity contribution in [3.63, 3.8) is 0 Å². The molecule has 0 bridgehead atoms. The molecule has 1 fully saturated rings. The fraction of sp³-hybridized carbons (Fsp3) is 0.167. The normalized spacial score (nSPS) is 14.7. The number of ether oxygens (including phenoxy) is 1. The highest BCUT2D eigenvalue weighted by molar-refractivity contribution is 8.15. The van der Waals surface area contributed by atoms with Gasteiger partial charge in [-0.2, -0.15) is 4.99 Å². The number of thioether (sulfide) groups is 1. The lowest BCUT2D eigenvalue weighted by Crippen LogP contribution is -2.31. The monoisotopic (exact) mass is 606 g/mol. The van der Waals surface area contributed by atoms with Crippen LogP contribution in [0.15, 0.2) is 90.3 Å². The second-order valence-corrected chi connectivity index (χ2v) is 10.5. The summed E-state index contributed by atoms with van der Waals surface area (Å²) in [6.07, 6.45) is -0.147. The summed E-state index contributed by atoms with van der Waals surface area (Å²) < 4.78 is 42.5. The summed E-state index contributed by atoms with van der Waals surface area (Å²) in [5, 5.41) is 7.32. The number of nitrogens with zero attached hydrogens (tertiary/aromatic N) is 5. The molecule has 3 aromatic carbocycles. The number of aliphatic imine (C=N–C) groups is 1. The zero-order valence-electron chi connectivity index (χ0n) is 22.9. The first-order valence-corrected chi connectivity index (χ1v) is 14.0. The van der Waals surface area contributed by atoms with Gasteiger partial charge < -0.3 is 10.1 Å². The van der Waals surface area contributed by atoms with Crippen molar-refractivity contribution in [2.45, 2.75) is 26.1 Å². The molecule has 0 spiro atoms. The van der Waals surface area contributed by atoms with E-state index in [2.05, 4.69) is 25.1 Å². The van der Waals surface area contributed by atoms with Crippen LogP contribution in [-0.4, -0.2) is 44.0 Å². The number of rotatable bonds is 7. The van der Waals surface area contributed by atoms with Crippen LogP contribution in [0.25, 0.3) is 23.2 Å². The zero-order valence-corrected chi connectivity index (χ0v) is 23.8. The number of amidine groups is 1. The van der Waals surface area contributed by atoms with E-state index in [9.17, 15) is 22.8 Å². The van der Waals surface area contributed by atoms with Crippen molar-refractivity contribution in [2.75, 3.05) is 10.7 Å². The molecule has 1 saturated heterocycles. The topological polar surface area (TPSA) is 102 Å². The van der Waals surface area contributed by atoms with E-state index in [0.717, 1.165) is 16.8 Å². The molecule has 1 N–H and O–H groups in total. The highest BCUT2D eigenvalue weighted by Gasteiger charge is 2.32. The third-order valence-electron chi connectivity index (χ3n) is 6.24. The predicted molar refractivity (Wildman–Crippen MR) is 159 cm³/mol. The van der Waals surface area contributed by atoms with E-state index in [1.807, 2.05) is 50.2 Å².